The fraction of sp³-hybridized carbons (Fsp3) is 0.615. The van der Waals surface area contributed by atoms with E-state index in [2.05, 4.69) is 30.7 Å². The fourth-order valence-electron chi connectivity index (χ4n) is 2.02. The SMILES string of the molecule is CC(C)(C)c1ncc(C2CC2CC(=O)O)cn1. The van der Waals surface area contributed by atoms with Gasteiger partial charge in [0.15, 0.2) is 0 Å². The van der Waals surface area contributed by atoms with E-state index in [4.69, 9.17) is 5.11 Å². The van der Waals surface area contributed by atoms with Crippen LogP contribution in [-0.2, 0) is 10.2 Å². The molecule has 1 saturated carbocycles. The Labute approximate surface area is 101 Å². The Morgan fingerprint density at radius 1 is 1.41 bits per heavy atom. The second-order valence-corrected chi connectivity index (χ2v) is 5.79. The average Bonchev–Trinajstić information content (AvgIpc) is 2.95. The molecule has 0 amide bonds. The van der Waals surface area contributed by atoms with E-state index >= 15 is 0 Å². The summed E-state index contributed by atoms with van der Waals surface area (Å²) in [4.78, 5) is 19.3. The van der Waals surface area contributed by atoms with E-state index in [0.29, 0.717) is 5.92 Å². The van der Waals surface area contributed by atoms with E-state index in [9.17, 15) is 4.79 Å². The quantitative estimate of drug-likeness (QED) is 0.872. The molecule has 2 unspecified atom stereocenters. The molecule has 2 rings (SSSR count). The van der Waals surface area contributed by atoms with Crippen molar-refractivity contribution in [1.29, 1.82) is 0 Å². The highest BCUT2D eigenvalue weighted by Crippen LogP contribution is 2.49. The van der Waals surface area contributed by atoms with Gasteiger partial charge in [0, 0.05) is 24.2 Å². The Morgan fingerprint density at radius 2 is 2.00 bits per heavy atom. The summed E-state index contributed by atoms with van der Waals surface area (Å²) < 4.78 is 0. The van der Waals surface area contributed by atoms with Crippen molar-refractivity contribution in [3.8, 4) is 0 Å². The zero-order chi connectivity index (χ0) is 12.6. The van der Waals surface area contributed by atoms with Gasteiger partial charge in [0.25, 0.3) is 0 Å². The highest BCUT2D eigenvalue weighted by molar-refractivity contribution is 5.67. The van der Waals surface area contributed by atoms with Crippen molar-refractivity contribution in [1.82, 2.24) is 9.97 Å². The fourth-order valence-corrected chi connectivity index (χ4v) is 2.02. The number of aromatic nitrogens is 2. The Hall–Kier alpha value is -1.45. The summed E-state index contributed by atoms with van der Waals surface area (Å²) in [6, 6.07) is 0. The van der Waals surface area contributed by atoms with Crippen LogP contribution in [0.15, 0.2) is 12.4 Å². The number of carboxylic acid groups (broad SMARTS) is 1. The van der Waals surface area contributed by atoms with Crippen molar-refractivity contribution in [2.45, 2.75) is 44.9 Å². The van der Waals surface area contributed by atoms with Crippen molar-refractivity contribution in [3.63, 3.8) is 0 Å². The third-order valence-electron chi connectivity index (χ3n) is 3.13. The van der Waals surface area contributed by atoms with Gasteiger partial charge in [0.2, 0.25) is 0 Å². The lowest BCUT2D eigenvalue weighted by Crippen LogP contribution is -2.15. The van der Waals surface area contributed by atoms with Crippen LogP contribution >= 0.6 is 0 Å². The monoisotopic (exact) mass is 234 g/mol. The zero-order valence-corrected chi connectivity index (χ0v) is 10.5. The van der Waals surface area contributed by atoms with Gasteiger partial charge in [-0.25, -0.2) is 9.97 Å². The maximum absolute atomic E-state index is 10.6. The summed E-state index contributed by atoms with van der Waals surface area (Å²) in [5.74, 6) is 0.734. The summed E-state index contributed by atoms with van der Waals surface area (Å²) in [6.07, 6.45) is 4.90. The van der Waals surface area contributed by atoms with Gasteiger partial charge in [0.05, 0.1) is 0 Å². The Balaban J connectivity index is 2.03. The van der Waals surface area contributed by atoms with Gasteiger partial charge >= 0.3 is 5.97 Å². The molecule has 0 saturated heterocycles. The molecular weight excluding hydrogens is 216 g/mol. The number of rotatable bonds is 3. The van der Waals surface area contributed by atoms with Gasteiger partial charge in [-0.2, -0.15) is 0 Å². The normalized spacial score (nSPS) is 23.5. The third-order valence-corrected chi connectivity index (χ3v) is 3.13. The van der Waals surface area contributed by atoms with E-state index in [0.717, 1.165) is 17.8 Å². The smallest absolute Gasteiger partial charge is 0.303 e. The molecule has 0 spiro atoms. The molecule has 1 N–H and O–H groups in total. The molecule has 1 fully saturated rings. The summed E-state index contributed by atoms with van der Waals surface area (Å²) in [6.45, 7) is 6.23. The average molecular weight is 234 g/mol. The number of nitrogens with zero attached hydrogens (tertiary/aromatic N) is 2. The maximum atomic E-state index is 10.6. The van der Waals surface area contributed by atoms with Crippen LogP contribution in [0.25, 0.3) is 0 Å². The number of carboxylic acids is 1. The topological polar surface area (TPSA) is 63.1 Å². The van der Waals surface area contributed by atoms with Gasteiger partial charge < -0.3 is 5.11 Å². The molecule has 92 valence electrons. The van der Waals surface area contributed by atoms with E-state index < -0.39 is 5.97 Å². The Bertz CT molecular complexity index is 420. The Morgan fingerprint density at radius 3 is 2.47 bits per heavy atom. The molecule has 2 atom stereocenters. The van der Waals surface area contributed by atoms with Crippen LogP contribution in [0.3, 0.4) is 0 Å². The second kappa shape index (κ2) is 4.09. The number of aliphatic carboxylic acids is 1. The van der Waals surface area contributed by atoms with Crippen LogP contribution in [0.1, 0.15) is 50.9 Å². The molecule has 4 heteroatoms. The first-order valence-electron chi connectivity index (χ1n) is 5.92. The van der Waals surface area contributed by atoms with Crippen LogP contribution in [0.4, 0.5) is 0 Å². The molecule has 0 aromatic carbocycles. The molecular formula is C13H18N2O2. The van der Waals surface area contributed by atoms with Gasteiger partial charge in [0.1, 0.15) is 5.82 Å². The highest BCUT2D eigenvalue weighted by atomic mass is 16.4. The first-order valence-corrected chi connectivity index (χ1v) is 5.92. The molecule has 0 radical (unpaired) electrons. The molecule has 1 aromatic heterocycles. The lowest BCUT2D eigenvalue weighted by atomic mass is 9.95. The van der Waals surface area contributed by atoms with Gasteiger partial charge in [-0.3, -0.25) is 4.79 Å². The molecule has 0 bridgehead atoms. The second-order valence-electron chi connectivity index (χ2n) is 5.79. The van der Waals surface area contributed by atoms with Crippen LogP contribution < -0.4 is 0 Å². The summed E-state index contributed by atoms with van der Waals surface area (Å²) in [5, 5.41) is 8.71. The minimum absolute atomic E-state index is 0.0391. The van der Waals surface area contributed by atoms with Crippen molar-refractivity contribution in [2.75, 3.05) is 0 Å². The van der Waals surface area contributed by atoms with Crippen LogP contribution in [0.2, 0.25) is 0 Å². The van der Waals surface area contributed by atoms with Crippen molar-refractivity contribution >= 4 is 5.97 Å². The van der Waals surface area contributed by atoms with Gasteiger partial charge in [-0.1, -0.05) is 20.8 Å². The predicted octanol–water partition coefficient (Wildman–Crippen LogP) is 2.35. The molecule has 1 aliphatic rings. The molecule has 0 aliphatic heterocycles. The summed E-state index contributed by atoms with van der Waals surface area (Å²) in [5.41, 5.74) is 1.03. The number of hydrogen-bond donors (Lipinski definition) is 1. The summed E-state index contributed by atoms with van der Waals surface area (Å²) >= 11 is 0. The van der Waals surface area contributed by atoms with Crippen LogP contribution in [0, 0.1) is 5.92 Å². The van der Waals surface area contributed by atoms with Crippen molar-refractivity contribution in [3.05, 3.63) is 23.8 Å². The largest absolute Gasteiger partial charge is 0.481 e. The highest BCUT2D eigenvalue weighted by Gasteiger charge is 2.40. The lowest BCUT2D eigenvalue weighted by molar-refractivity contribution is -0.137. The zero-order valence-electron chi connectivity index (χ0n) is 10.5. The van der Waals surface area contributed by atoms with E-state index in [1.54, 1.807) is 0 Å². The maximum Gasteiger partial charge on any atom is 0.303 e. The predicted molar refractivity (Wildman–Crippen MR) is 63.8 cm³/mol. The van der Waals surface area contributed by atoms with E-state index in [1.165, 1.54) is 0 Å². The van der Waals surface area contributed by atoms with Crippen molar-refractivity contribution in [2.24, 2.45) is 5.92 Å². The van der Waals surface area contributed by atoms with E-state index in [-0.39, 0.29) is 17.8 Å². The van der Waals surface area contributed by atoms with Gasteiger partial charge in [-0.15, -0.1) is 0 Å². The first kappa shape index (κ1) is 12.0. The number of hydrogen-bond acceptors (Lipinski definition) is 3. The molecule has 4 nitrogen and oxygen atoms in total. The number of carbonyl (C=O) groups is 1. The molecule has 17 heavy (non-hydrogen) atoms. The van der Waals surface area contributed by atoms with Crippen LogP contribution in [0.5, 0.6) is 0 Å². The van der Waals surface area contributed by atoms with Crippen LogP contribution in [-0.4, -0.2) is 21.0 Å². The molecule has 1 aliphatic carbocycles. The minimum atomic E-state index is -0.718. The lowest BCUT2D eigenvalue weighted by Gasteiger charge is -2.16. The third kappa shape index (κ3) is 2.81. The van der Waals surface area contributed by atoms with Crippen molar-refractivity contribution < 1.29 is 9.90 Å². The van der Waals surface area contributed by atoms with E-state index in [1.807, 2.05) is 12.4 Å². The van der Waals surface area contributed by atoms with Gasteiger partial charge in [-0.05, 0) is 23.8 Å². The summed E-state index contributed by atoms with van der Waals surface area (Å²) in [7, 11) is 0. The Kier molecular flexibility index (Phi) is 2.89. The first-order chi connectivity index (χ1) is 7.88. The standard InChI is InChI=1S/C13H18N2O2/c1-13(2,3)12-14-6-9(7-15-12)10-4-8(10)5-11(16)17/h6-8,10H,4-5H2,1-3H3,(H,16,17). The minimum Gasteiger partial charge on any atom is -0.481 e. The molecule has 1 aromatic rings. The molecule has 1 heterocycles.